The van der Waals surface area contributed by atoms with Crippen molar-refractivity contribution in [1.29, 1.82) is 5.26 Å². The maximum atomic E-state index is 12.3. The third-order valence-electron chi connectivity index (χ3n) is 2.97. The van der Waals surface area contributed by atoms with Crippen molar-refractivity contribution < 1.29 is 22.6 Å². The van der Waals surface area contributed by atoms with Gasteiger partial charge in [0.1, 0.15) is 12.4 Å². The summed E-state index contributed by atoms with van der Waals surface area (Å²) in [7, 11) is 0. The molecule has 24 heavy (non-hydrogen) atoms. The van der Waals surface area contributed by atoms with Crippen LogP contribution >= 0.6 is 0 Å². The highest BCUT2D eigenvalue weighted by Gasteiger charge is 2.31. The second-order valence-corrected chi connectivity index (χ2v) is 5.27. The van der Waals surface area contributed by atoms with Crippen molar-refractivity contribution >= 4 is 0 Å². The Bertz CT molecular complexity index is 738. The average Bonchev–Trinajstić information content (AvgIpc) is 2.51. The van der Waals surface area contributed by atoms with E-state index >= 15 is 0 Å². The van der Waals surface area contributed by atoms with Gasteiger partial charge in [-0.1, -0.05) is 13.8 Å². The predicted molar refractivity (Wildman–Crippen MR) is 78.3 cm³/mol. The Morgan fingerprint density at radius 3 is 2.46 bits per heavy atom. The Morgan fingerprint density at radius 1 is 1.17 bits per heavy atom. The van der Waals surface area contributed by atoms with Gasteiger partial charge in [0, 0.05) is 6.07 Å². The van der Waals surface area contributed by atoms with E-state index in [4.69, 9.17) is 10.00 Å². The Morgan fingerprint density at radius 2 is 1.92 bits per heavy atom. The van der Waals surface area contributed by atoms with E-state index in [0.717, 1.165) is 17.8 Å². The monoisotopic (exact) mass is 337 g/mol. The fourth-order valence-electron chi connectivity index (χ4n) is 1.87. The fraction of sp³-hybridized carbons (Fsp3) is 0.312. The lowest BCUT2D eigenvalue weighted by molar-refractivity contribution is -0.274. The van der Waals surface area contributed by atoms with Crippen LogP contribution in [0.2, 0.25) is 0 Å². The summed E-state index contributed by atoms with van der Waals surface area (Å²) in [6.07, 6.45) is -4.83. The summed E-state index contributed by atoms with van der Waals surface area (Å²) >= 11 is 0. The van der Waals surface area contributed by atoms with Crippen molar-refractivity contribution in [2.45, 2.75) is 32.7 Å². The molecule has 0 aliphatic carbocycles. The average molecular weight is 337 g/mol. The lowest BCUT2D eigenvalue weighted by Crippen LogP contribution is -2.17. The Hall–Kier alpha value is -2.82. The standard InChI is InChI=1S/C16H14F3N3O2/c1-10(2)14-3-4-15(22-21-14)23-9-12-5-11(8-20)6-13(7-12)24-16(17,18)19/h3-7,10H,9H2,1-2H3. The first-order valence-corrected chi connectivity index (χ1v) is 7.03. The third-order valence-corrected chi connectivity index (χ3v) is 2.97. The van der Waals surface area contributed by atoms with Gasteiger partial charge in [0.25, 0.3) is 0 Å². The molecule has 1 heterocycles. The van der Waals surface area contributed by atoms with Gasteiger partial charge in [-0.3, -0.25) is 0 Å². The second-order valence-electron chi connectivity index (χ2n) is 5.27. The summed E-state index contributed by atoms with van der Waals surface area (Å²) in [5.74, 6) is -0.0117. The zero-order valence-corrected chi connectivity index (χ0v) is 13.0. The molecule has 2 aromatic rings. The molecule has 1 aromatic carbocycles. The Balaban J connectivity index is 2.11. The van der Waals surface area contributed by atoms with Crippen LogP contribution < -0.4 is 9.47 Å². The summed E-state index contributed by atoms with van der Waals surface area (Å²) in [4.78, 5) is 0. The third kappa shape index (κ3) is 5.12. The molecule has 1 aromatic heterocycles. The molecular formula is C16H14F3N3O2. The molecule has 0 atom stereocenters. The van der Waals surface area contributed by atoms with Gasteiger partial charge in [-0.2, -0.15) is 10.4 Å². The van der Waals surface area contributed by atoms with Gasteiger partial charge in [0.05, 0.1) is 17.3 Å². The van der Waals surface area contributed by atoms with Crippen LogP contribution in [-0.4, -0.2) is 16.6 Å². The molecule has 0 unspecified atom stereocenters. The number of aromatic nitrogens is 2. The molecule has 8 heteroatoms. The van der Waals surface area contributed by atoms with E-state index in [0.29, 0.717) is 5.56 Å². The summed E-state index contributed by atoms with van der Waals surface area (Å²) < 4.78 is 46.2. The molecule has 0 amide bonds. The summed E-state index contributed by atoms with van der Waals surface area (Å²) in [6, 6.07) is 8.75. The first-order valence-electron chi connectivity index (χ1n) is 7.03. The zero-order valence-electron chi connectivity index (χ0n) is 13.0. The molecule has 0 radical (unpaired) electrons. The van der Waals surface area contributed by atoms with Crippen molar-refractivity contribution in [3.05, 3.63) is 47.2 Å². The number of halogens is 3. The first-order chi connectivity index (χ1) is 11.3. The minimum absolute atomic E-state index is 0.0385. The minimum atomic E-state index is -4.83. The van der Waals surface area contributed by atoms with Crippen molar-refractivity contribution in [3.63, 3.8) is 0 Å². The lowest BCUT2D eigenvalue weighted by atomic mass is 10.1. The van der Waals surface area contributed by atoms with Crippen LogP contribution in [-0.2, 0) is 6.61 Å². The van der Waals surface area contributed by atoms with E-state index in [2.05, 4.69) is 14.9 Å². The smallest absolute Gasteiger partial charge is 0.472 e. The van der Waals surface area contributed by atoms with Crippen LogP contribution in [0.5, 0.6) is 11.6 Å². The van der Waals surface area contributed by atoms with Crippen LogP contribution in [0.1, 0.15) is 36.6 Å². The maximum absolute atomic E-state index is 12.3. The Kier molecular flexibility index (Phi) is 5.24. The SMILES string of the molecule is CC(C)c1ccc(OCc2cc(C#N)cc(OC(F)(F)F)c2)nn1. The number of benzene rings is 1. The Labute approximate surface area is 136 Å². The molecule has 0 fully saturated rings. The predicted octanol–water partition coefficient (Wildman–Crippen LogP) is 3.95. The number of hydrogen-bond donors (Lipinski definition) is 0. The molecule has 0 saturated heterocycles. The van der Waals surface area contributed by atoms with Gasteiger partial charge in [-0.05, 0) is 35.7 Å². The minimum Gasteiger partial charge on any atom is -0.472 e. The summed E-state index contributed by atoms with van der Waals surface area (Å²) in [5, 5.41) is 16.8. The van der Waals surface area contributed by atoms with Crippen molar-refractivity contribution in [1.82, 2.24) is 10.2 Å². The van der Waals surface area contributed by atoms with E-state index in [1.807, 2.05) is 13.8 Å². The van der Waals surface area contributed by atoms with Gasteiger partial charge in [0.15, 0.2) is 0 Å². The second kappa shape index (κ2) is 7.17. The fourth-order valence-corrected chi connectivity index (χ4v) is 1.87. The number of nitriles is 1. The van der Waals surface area contributed by atoms with E-state index < -0.39 is 12.1 Å². The highest BCUT2D eigenvalue weighted by molar-refractivity contribution is 5.40. The first kappa shape index (κ1) is 17.5. The molecule has 0 aliphatic heterocycles. The molecule has 0 N–H and O–H groups in total. The molecule has 0 aliphatic rings. The molecular weight excluding hydrogens is 323 g/mol. The largest absolute Gasteiger partial charge is 0.573 e. The van der Waals surface area contributed by atoms with Gasteiger partial charge in [-0.15, -0.1) is 18.3 Å². The van der Waals surface area contributed by atoms with Crippen molar-refractivity contribution in [2.75, 3.05) is 0 Å². The van der Waals surface area contributed by atoms with Crippen molar-refractivity contribution in [3.8, 4) is 17.7 Å². The van der Waals surface area contributed by atoms with E-state index in [1.54, 1.807) is 18.2 Å². The molecule has 0 bridgehead atoms. The van der Waals surface area contributed by atoms with Gasteiger partial charge in [0.2, 0.25) is 5.88 Å². The van der Waals surface area contributed by atoms with Crippen LogP contribution in [0.25, 0.3) is 0 Å². The van der Waals surface area contributed by atoms with Gasteiger partial charge < -0.3 is 9.47 Å². The topological polar surface area (TPSA) is 68.0 Å². The van der Waals surface area contributed by atoms with Gasteiger partial charge in [-0.25, -0.2) is 0 Å². The molecule has 0 spiro atoms. The quantitative estimate of drug-likeness (QED) is 0.826. The van der Waals surface area contributed by atoms with Crippen LogP contribution in [0.3, 0.4) is 0 Å². The molecule has 126 valence electrons. The van der Waals surface area contributed by atoms with E-state index in [-0.39, 0.29) is 24.0 Å². The number of rotatable bonds is 5. The highest BCUT2D eigenvalue weighted by Crippen LogP contribution is 2.25. The van der Waals surface area contributed by atoms with Crippen LogP contribution in [0.4, 0.5) is 13.2 Å². The number of alkyl halides is 3. The summed E-state index contributed by atoms with van der Waals surface area (Å²) in [5.41, 5.74) is 1.19. The number of nitrogens with zero attached hydrogens (tertiary/aromatic N) is 3. The molecule has 5 nitrogen and oxygen atoms in total. The molecule has 2 rings (SSSR count). The van der Waals surface area contributed by atoms with Crippen molar-refractivity contribution in [2.24, 2.45) is 0 Å². The normalized spacial score (nSPS) is 11.2. The number of ether oxygens (including phenoxy) is 2. The van der Waals surface area contributed by atoms with E-state index in [1.165, 1.54) is 6.07 Å². The maximum Gasteiger partial charge on any atom is 0.573 e. The highest BCUT2D eigenvalue weighted by atomic mass is 19.4. The van der Waals surface area contributed by atoms with E-state index in [9.17, 15) is 13.2 Å². The van der Waals surface area contributed by atoms with Gasteiger partial charge >= 0.3 is 6.36 Å². The van der Waals surface area contributed by atoms with Crippen LogP contribution in [0.15, 0.2) is 30.3 Å². The summed E-state index contributed by atoms with van der Waals surface area (Å²) in [6.45, 7) is 3.87. The zero-order chi connectivity index (χ0) is 17.7. The number of hydrogen-bond acceptors (Lipinski definition) is 5. The molecule has 0 saturated carbocycles. The van der Waals surface area contributed by atoms with Crippen LogP contribution in [0, 0.1) is 11.3 Å². The lowest BCUT2D eigenvalue weighted by Gasteiger charge is -2.11.